The molecule has 1 aromatic heterocycles. The van der Waals surface area contributed by atoms with E-state index in [0.29, 0.717) is 49.2 Å². The van der Waals surface area contributed by atoms with Gasteiger partial charge in [0.1, 0.15) is 23.3 Å². The van der Waals surface area contributed by atoms with Crippen LogP contribution in [0.1, 0.15) is 52.0 Å². The highest BCUT2D eigenvalue weighted by molar-refractivity contribution is 7.89. The smallest absolute Gasteiger partial charge is 0.251 e. The second-order valence-electron chi connectivity index (χ2n) is 11.4. The zero-order valence-corrected chi connectivity index (χ0v) is 28.5. The number of hydrogen-bond donors (Lipinski definition) is 3. The van der Waals surface area contributed by atoms with Crippen LogP contribution in [-0.2, 0) is 28.0 Å². The second kappa shape index (κ2) is 15.0. The molecule has 1 saturated heterocycles. The van der Waals surface area contributed by atoms with Crippen molar-refractivity contribution < 1.29 is 22.7 Å². The van der Waals surface area contributed by atoms with Crippen LogP contribution in [0.5, 0.6) is 5.75 Å². The van der Waals surface area contributed by atoms with Gasteiger partial charge >= 0.3 is 0 Å². The molecule has 3 aromatic carbocycles. The van der Waals surface area contributed by atoms with E-state index in [2.05, 4.69) is 15.6 Å². The lowest BCUT2D eigenvalue weighted by Crippen LogP contribution is -2.46. The summed E-state index contributed by atoms with van der Waals surface area (Å²) in [7, 11) is -4.16. The van der Waals surface area contributed by atoms with Crippen molar-refractivity contribution in [2.45, 2.75) is 57.2 Å². The summed E-state index contributed by atoms with van der Waals surface area (Å²) in [4.78, 5) is 29.9. The number of aromatic nitrogens is 1. The Morgan fingerprint density at radius 1 is 1.04 bits per heavy atom. The molecule has 2 heterocycles. The van der Waals surface area contributed by atoms with E-state index in [1.54, 1.807) is 24.3 Å². The van der Waals surface area contributed by atoms with E-state index in [1.165, 1.54) is 16.4 Å². The summed E-state index contributed by atoms with van der Waals surface area (Å²) < 4.78 is 35.1. The van der Waals surface area contributed by atoms with Gasteiger partial charge in [-0.05, 0) is 86.7 Å². The number of hydrogen-bond acceptors (Lipinski definition) is 7. The maximum absolute atomic E-state index is 13.9. The standard InChI is InChI=1S/C34H37Cl2N5O5S/c1-21-18-22(2)40-27-6-3-8-29(31(21)27)46-20-25-26(35)13-14-30(32(25)36)47(44,45)41-17-4-7-28(41)34(43)39-16-5-15-38-33(42)24-11-9-23(19-37)10-12-24/h3,6,8-14,18,28H,4-5,7,15-17,19-20,37H2,1-2H3,(H,38,42)(H,39,43)/t28-/m0/s1. The van der Waals surface area contributed by atoms with Gasteiger partial charge in [-0.1, -0.05) is 41.4 Å². The molecule has 248 valence electrons. The van der Waals surface area contributed by atoms with Gasteiger partial charge in [0.25, 0.3) is 5.91 Å². The number of nitrogens with two attached hydrogens (primary N) is 1. The highest BCUT2D eigenvalue weighted by atomic mass is 35.5. The van der Waals surface area contributed by atoms with Crippen LogP contribution in [0.4, 0.5) is 0 Å². The van der Waals surface area contributed by atoms with Crippen molar-refractivity contribution in [3.8, 4) is 5.75 Å². The molecule has 5 rings (SSSR count). The average Bonchev–Trinajstić information content (AvgIpc) is 3.55. The van der Waals surface area contributed by atoms with Crippen molar-refractivity contribution in [3.63, 3.8) is 0 Å². The molecule has 1 atom stereocenters. The Hall–Kier alpha value is -3.74. The third-order valence-corrected chi connectivity index (χ3v) is 11.0. The monoisotopic (exact) mass is 697 g/mol. The second-order valence-corrected chi connectivity index (χ2v) is 14.1. The summed E-state index contributed by atoms with van der Waals surface area (Å²) in [5.41, 5.74) is 10.0. The Bertz CT molecular complexity index is 1900. The van der Waals surface area contributed by atoms with E-state index in [1.807, 2.05) is 38.1 Å². The molecule has 0 saturated carbocycles. The van der Waals surface area contributed by atoms with E-state index in [-0.39, 0.29) is 40.5 Å². The van der Waals surface area contributed by atoms with Gasteiger partial charge in [0, 0.05) is 53.4 Å². The minimum absolute atomic E-state index is 0.0529. The minimum atomic E-state index is -4.16. The van der Waals surface area contributed by atoms with Crippen LogP contribution in [0.25, 0.3) is 10.9 Å². The van der Waals surface area contributed by atoms with Gasteiger partial charge in [0.05, 0.1) is 10.5 Å². The maximum atomic E-state index is 13.9. The number of carbonyl (C=O) groups excluding carboxylic acids is 2. The first kappa shape index (κ1) is 34.6. The van der Waals surface area contributed by atoms with Gasteiger partial charge in [-0.3, -0.25) is 14.6 Å². The Balaban J connectivity index is 1.22. The molecule has 4 aromatic rings. The van der Waals surface area contributed by atoms with E-state index in [4.69, 9.17) is 33.7 Å². The maximum Gasteiger partial charge on any atom is 0.251 e. The zero-order chi connectivity index (χ0) is 33.7. The lowest BCUT2D eigenvalue weighted by molar-refractivity contribution is -0.124. The quantitative estimate of drug-likeness (QED) is 0.171. The summed E-state index contributed by atoms with van der Waals surface area (Å²) in [5, 5.41) is 6.69. The number of halogens is 2. The molecule has 1 aliphatic heterocycles. The number of pyridine rings is 1. The molecule has 13 heteroatoms. The first-order valence-corrected chi connectivity index (χ1v) is 17.5. The van der Waals surface area contributed by atoms with Gasteiger partial charge in [0.2, 0.25) is 15.9 Å². The highest BCUT2D eigenvalue weighted by Gasteiger charge is 2.40. The van der Waals surface area contributed by atoms with Gasteiger partial charge < -0.3 is 21.1 Å². The van der Waals surface area contributed by atoms with Gasteiger partial charge in [-0.2, -0.15) is 4.31 Å². The predicted octanol–water partition coefficient (Wildman–Crippen LogP) is 5.29. The summed E-state index contributed by atoms with van der Waals surface area (Å²) >= 11 is 13.2. The number of nitrogens with zero attached hydrogens (tertiary/aromatic N) is 2. The summed E-state index contributed by atoms with van der Waals surface area (Å²) in [6.45, 7) is 4.99. The molecule has 1 fully saturated rings. The van der Waals surface area contributed by atoms with E-state index in [9.17, 15) is 18.0 Å². The normalized spacial score (nSPS) is 15.1. The van der Waals surface area contributed by atoms with Crippen LogP contribution < -0.4 is 21.1 Å². The molecule has 0 spiro atoms. The zero-order valence-electron chi connectivity index (χ0n) is 26.2. The van der Waals surface area contributed by atoms with Crippen molar-refractivity contribution in [2.24, 2.45) is 5.73 Å². The molecule has 4 N–H and O–H groups in total. The van der Waals surface area contributed by atoms with E-state index >= 15 is 0 Å². The third-order valence-electron chi connectivity index (χ3n) is 8.13. The molecule has 0 bridgehead atoms. The number of amides is 2. The lowest BCUT2D eigenvalue weighted by atomic mass is 10.1. The Morgan fingerprint density at radius 2 is 1.79 bits per heavy atom. The summed E-state index contributed by atoms with van der Waals surface area (Å²) in [6.07, 6.45) is 1.36. The lowest BCUT2D eigenvalue weighted by Gasteiger charge is -2.24. The summed E-state index contributed by atoms with van der Waals surface area (Å²) in [5.74, 6) is -0.0552. The number of rotatable bonds is 12. The molecular weight excluding hydrogens is 661 g/mol. The van der Waals surface area contributed by atoms with E-state index < -0.39 is 22.0 Å². The highest BCUT2D eigenvalue weighted by Crippen LogP contribution is 2.37. The van der Waals surface area contributed by atoms with Gasteiger partial charge in [-0.25, -0.2) is 8.42 Å². The molecule has 1 aliphatic rings. The third kappa shape index (κ3) is 7.71. The topological polar surface area (TPSA) is 144 Å². The average molecular weight is 699 g/mol. The minimum Gasteiger partial charge on any atom is -0.488 e. The predicted molar refractivity (Wildman–Crippen MR) is 183 cm³/mol. The fourth-order valence-electron chi connectivity index (χ4n) is 5.72. The van der Waals surface area contributed by atoms with Crippen LogP contribution in [0, 0.1) is 13.8 Å². The number of nitrogens with one attached hydrogen (secondary N) is 2. The van der Waals surface area contributed by atoms with Crippen LogP contribution in [0.3, 0.4) is 0 Å². The number of sulfonamides is 1. The van der Waals surface area contributed by atoms with Crippen molar-refractivity contribution >= 4 is 55.9 Å². The number of aryl methyl sites for hydroxylation is 2. The first-order valence-electron chi connectivity index (χ1n) is 15.3. The molecule has 0 aliphatic carbocycles. The van der Waals surface area contributed by atoms with Gasteiger partial charge in [0.15, 0.2) is 0 Å². The van der Waals surface area contributed by atoms with Crippen molar-refractivity contribution in [2.75, 3.05) is 19.6 Å². The number of carbonyl (C=O) groups is 2. The van der Waals surface area contributed by atoms with Crippen molar-refractivity contribution in [1.82, 2.24) is 19.9 Å². The van der Waals surface area contributed by atoms with Crippen LogP contribution in [0.2, 0.25) is 10.0 Å². The SMILES string of the molecule is Cc1cc(C)c2c(OCc3c(Cl)ccc(S(=O)(=O)N4CCC[C@H]4C(=O)NCCCNC(=O)c4ccc(CN)cc4)c3Cl)cccc2n1. The Morgan fingerprint density at radius 3 is 2.53 bits per heavy atom. The molecule has 0 radical (unpaired) electrons. The fourth-order valence-corrected chi connectivity index (χ4v) is 8.25. The van der Waals surface area contributed by atoms with Crippen LogP contribution in [-0.4, -0.2) is 55.2 Å². The Kier molecular flexibility index (Phi) is 11.0. The van der Waals surface area contributed by atoms with Crippen LogP contribution in [0.15, 0.2) is 65.6 Å². The molecule has 10 nitrogen and oxygen atoms in total. The molecule has 47 heavy (non-hydrogen) atoms. The van der Waals surface area contributed by atoms with Crippen LogP contribution >= 0.6 is 23.2 Å². The number of benzene rings is 3. The first-order chi connectivity index (χ1) is 22.5. The van der Waals surface area contributed by atoms with Crippen molar-refractivity contribution in [3.05, 3.63) is 98.7 Å². The van der Waals surface area contributed by atoms with E-state index in [0.717, 1.165) is 27.7 Å². The number of ether oxygens (including phenoxy) is 1. The molecule has 0 unspecified atom stereocenters. The Labute approximate surface area is 284 Å². The fraction of sp³-hybridized carbons (Fsp3) is 0.324. The summed E-state index contributed by atoms with van der Waals surface area (Å²) in [6, 6.07) is 16.5. The van der Waals surface area contributed by atoms with Gasteiger partial charge in [-0.15, -0.1) is 0 Å². The largest absolute Gasteiger partial charge is 0.488 e. The molecule has 2 amide bonds. The number of fused-ring (bicyclic) bond motifs is 1. The van der Waals surface area contributed by atoms with Crippen molar-refractivity contribution in [1.29, 1.82) is 0 Å². The molecular formula is C34H37Cl2N5O5S.